The number of carbonyl (C=O) groups is 1. The molecule has 0 amide bonds. The highest BCUT2D eigenvalue weighted by Gasteiger charge is 2.04. The van der Waals surface area contributed by atoms with Gasteiger partial charge in [0.05, 0.1) is 10.6 Å². The van der Waals surface area contributed by atoms with E-state index in [9.17, 15) is 4.79 Å². The first-order chi connectivity index (χ1) is 8.16. The van der Waals surface area contributed by atoms with Crippen molar-refractivity contribution >= 4 is 22.3 Å². The summed E-state index contributed by atoms with van der Waals surface area (Å²) in [5, 5.41) is 15.4. The van der Waals surface area contributed by atoms with E-state index in [4.69, 9.17) is 5.11 Å². The Morgan fingerprint density at radius 3 is 2.88 bits per heavy atom. The molecule has 1 aromatic heterocycles. The first kappa shape index (κ1) is 11.7. The lowest BCUT2D eigenvalue weighted by Gasteiger charge is -2.06. The second-order valence-corrected chi connectivity index (χ2v) is 4.71. The molecule has 0 spiro atoms. The van der Waals surface area contributed by atoms with Crippen molar-refractivity contribution in [1.82, 2.24) is 0 Å². The van der Waals surface area contributed by atoms with Gasteiger partial charge in [0.25, 0.3) is 0 Å². The van der Waals surface area contributed by atoms with Gasteiger partial charge in [0, 0.05) is 6.54 Å². The van der Waals surface area contributed by atoms with Gasteiger partial charge in [-0.2, -0.15) is 0 Å². The predicted octanol–water partition coefficient (Wildman–Crippen LogP) is 3.37. The second kappa shape index (κ2) is 5.01. The third-order valence-corrected chi connectivity index (χ3v) is 3.46. The van der Waals surface area contributed by atoms with E-state index < -0.39 is 5.97 Å². The molecule has 4 heteroatoms. The summed E-state index contributed by atoms with van der Waals surface area (Å²) in [7, 11) is 0. The fourth-order valence-corrected chi connectivity index (χ4v) is 2.37. The zero-order chi connectivity index (χ0) is 12.3. The van der Waals surface area contributed by atoms with Crippen molar-refractivity contribution in [2.24, 2.45) is 0 Å². The Bertz CT molecular complexity index is 534. The highest BCUT2D eigenvalue weighted by molar-refractivity contribution is 7.14. The van der Waals surface area contributed by atoms with Crippen LogP contribution in [0.25, 0.3) is 0 Å². The molecule has 0 unspecified atom stereocenters. The number of carboxylic acids is 1. The van der Waals surface area contributed by atoms with Crippen LogP contribution >= 0.6 is 11.3 Å². The maximum absolute atomic E-state index is 10.8. The van der Waals surface area contributed by atoms with Gasteiger partial charge in [-0.1, -0.05) is 12.1 Å². The molecule has 1 heterocycles. The third-order valence-electron chi connectivity index (χ3n) is 2.49. The van der Waals surface area contributed by atoms with E-state index in [1.165, 1.54) is 5.56 Å². The number of aryl methyl sites for hydroxylation is 1. The molecule has 2 rings (SSSR count). The molecule has 0 radical (unpaired) electrons. The van der Waals surface area contributed by atoms with Gasteiger partial charge in [-0.3, -0.25) is 0 Å². The molecule has 0 fully saturated rings. The molecule has 88 valence electrons. The molecule has 0 aliphatic carbocycles. The van der Waals surface area contributed by atoms with E-state index in [2.05, 4.69) is 11.4 Å². The van der Waals surface area contributed by atoms with Crippen LogP contribution in [0.15, 0.2) is 35.7 Å². The van der Waals surface area contributed by atoms with Crippen LogP contribution in [0.5, 0.6) is 0 Å². The van der Waals surface area contributed by atoms with Crippen molar-refractivity contribution < 1.29 is 9.90 Å². The normalized spacial score (nSPS) is 10.2. The Kier molecular flexibility index (Phi) is 3.44. The summed E-state index contributed by atoms with van der Waals surface area (Å²) in [5.41, 5.74) is 2.51. The number of anilines is 1. The summed E-state index contributed by atoms with van der Waals surface area (Å²) in [6.07, 6.45) is 0. The number of hydrogen-bond donors (Lipinski definition) is 2. The van der Waals surface area contributed by atoms with Gasteiger partial charge >= 0.3 is 5.97 Å². The number of carboxylic acid groups (broad SMARTS) is 1. The molecular weight excluding hydrogens is 234 g/mol. The zero-order valence-electron chi connectivity index (χ0n) is 9.43. The van der Waals surface area contributed by atoms with E-state index in [1.807, 2.05) is 18.4 Å². The van der Waals surface area contributed by atoms with E-state index >= 15 is 0 Å². The van der Waals surface area contributed by atoms with Crippen LogP contribution in [0.3, 0.4) is 0 Å². The summed E-state index contributed by atoms with van der Waals surface area (Å²) < 4.78 is 0. The lowest BCUT2D eigenvalue weighted by molar-refractivity contribution is 0.0697. The Balaban J connectivity index is 2.07. The molecule has 0 aliphatic rings. The van der Waals surface area contributed by atoms with Gasteiger partial charge in [0.2, 0.25) is 0 Å². The van der Waals surface area contributed by atoms with Crippen molar-refractivity contribution in [3.8, 4) is 0 Å². The van der Waals surface area contributed by atoms with Crippen LogP contribution in [0.2, 0.25) is 0 Å². The highest BCUT2D eigenvalue weighted by atomic mass is 32.1. The van der Waals surface area contributed by atoms with Crippen LogP contribution in [-0.4, -0.2) is 11.1 Å². The van der Waals surface area contributed by atoms with Gasteiger partial charge in [-0.05, 0) is 41.6 Å². The smallest absolute Gasteiger partial charge is 0.335 e. The van der Waals surface area contributed by atoms with Crippen LogP contribution in [0, 0.1) is 6.92 Å². The quantitative estimate of drug-likeness (QED) is 0.871. The van der Waals surface area contributed by atoms with Crippen LogP contribution < -0.4 is 5.32 Å². The maximum Gasteiger partial charge on any atom is 0.335 e. The molecule has 0 saturated heterocycles. The fraction of sp³-hybridized carbons (Fsp3) is 0.154. The Labute approximate surface area is 104 Å². The second-order valence-electron chi connectivity index (χ2n) is 3.79. The fourth-order valence-electron chi connectivity index (χ4n) is 1.55. The molecule has 0 atom stereocenters. The van der Waals surface area contributed by atoms with Crippen molar-refractivity contribution in [1.29, 1.82) is 0 Å². The summed E-state index contributed by atoms with van der Waals surface area (Å²) in [6, 6.07) is 9.03. The molecule has 3 nitrogen and oxygen atoms in total. The van der Waals surface area contributed by atoms with Crippen LogP contribution in [0.1, 0.15) is 21.5 Å². The highest BCUT2D eigenvalue weighted by Crippen LogP contribution is 2.22. The summed E-state index contributed by atoms with van der Waals surface area (Å²) in [4.78, 5) is 10.8. The standard InChI is InChI=1S/C13H13NO2S/c1-9-5-6-17-12(9)14-8-10-3-2-4-11(7-10)13(15)16/h2-7,14H,8H2,1H3,(H,15,16). The Hall–Kier alpha value is -1.81. The average molecular weight is 247 g/mol. The SMILES string of the molecule is Cc1ccsc1NCc1cccc(C(=O)O)c1. The lowest BCUT2D eigenvalue weighted by atomic mass is 10.1. The Morgan fingerprint density at radius 1 is 1.41 bits per heavy atom. The minimum Gasteiger partial charge on any atom is -0.478 e. The third kappa shape index (κ3) is 2.85. The summed E-state index contributed by atoms with van der Waals surface area (Å²) >= 11 is 1.65. The van der Waals surface area contributed by atoms with Crippen molar-refractivity contribution in [2.45, 2.75) is 13.5 Å². The van der Waals surface area contributed by atoms with E-state index in [0.717, 1.165) is 10.6 Å². The summed E-state index contributed by atoms with van der Waals surface area (Å²) in [5.74, 6) is -0.890. The first-order valence-corrected chi connectivity index (χ1v) is 6.15. The van der Waals surface area contributed by atoms with Gasteiger partial charge < -0.3 is 10.4 Å². The number of thiophene rings is 1. The molecule has 0 aliphatic heterocycles. The van der Waals surface area contributed by atoms with Gasteiger partial charge in [-0.15, -0.1) is 11.3 Å². The maximum atomic E-state index is 10.8. The predicted molar refractivity (Wildman–Crippen MR) is 69.8 cm³/mol. The molecule has 0 bridgehead atoms. The van der Waals surface area contributed by atoms with Crippen LogP contribution in [-0.2, 0) is 6.54 Å². The molecular formula is C13H13NO2S. The number of benzene rings is 1. The topological polar surface area (TPSA) is 49.3 Å². The summed E-state index contributed by atoms with van der Waals surface area (Å²) in [6.45, 7) is 2.69. The minimum atomic E-state index is -0.890. The van der Waals surface area contributed by atoms with E-state index in [-0.39, 0.29) is 0 Å². The number of aromatic carboxylic acids is 1. The lowest BCUT2D eigenvalue weighted by Crippen LogP contribution is -2.01. The van der Waals surface area contributed by atoms with E-state index in [0.29, 0.717) is 12.1 Å². The van der Waals surface area contributed by atoms with Crippen LogP contribution in [0.4, 0.5) is 5.00 Å². The average Bonchev–Trinajstić information content (AvgIpc) is 2.72. The van der Waals surface area contributed by atoms with Gasteiger partial charge in [0.1, 0.15) is 0 Å². The minimum absolute atomic E-state index is 0.326. The van der Waals surface area contributed by atoms with E-state index in [1.54, 1.807) is 29.5 Å². The molecule has 1 aromatic carbocycles. The first-order valence-electron chi connectivity index (χ1n) is 5.27. The number of rotatable bonds is 4. The number of hydrogen-bond acceptors (Lipinski definition) is 3. The molecule has 2 aromatic rings. The Morgan fingerprint density at radius 2 is 2.24 bits per heavy atom. The zero-order valence-corrected chi connectivity index (χ0v) is 10.3. The van der Waals surface area contributed by atoms with Gasteiger partial charge in [-0.25, -0.2) is 4.79 Å². The van der Waals surface area contributed by atoms with Crippen molar-refractivity contribution in [3.05, 3.63) is 52.4 Å². The molecule has 2 N–H and O–H groups in total. The van der Waals surface area contributed by atoms with Crippen molar-refractivity contribution in [2.75, 3.05) is 5.32 Å². The van der Waals surface area contributed by atoms with Crippen molar-refractivity contribution in [3.63, 3.8) is 0 Å². The monoisotopic (exact) mass is 247 g/mol. The van der Waals surface area contributed by atoms with Gasteiger partial charge in [0.15, 0.2) is 0 Å². The molecule has 0 saturated carbocycles. The number of nitrogens with one attached hydrogen (secondary N) is 1. The largest absolute Gasteiger partial charge is 0.478 e. The molecule has 17 heavy (non-hydrogen) atoms.